The predicted molar refractivity (Wildman–Crippen MR) is 142 cm³/mol. The summed E-state index contributed by atoms with van der Waals surface area (Å²) in [6.45, 7) is 6.97. The molecule has 0 atom stereocenters. The second-order valence-corrected chi connectivity index (χ2v) is 9.28. The summed E-state index contributed by atoms with van der Waals surface area (Å²) in [6.07, 6.45) is 3.11. The molecule has 0 amide bonds. The number of fused-ring (bicyclic) bond motifs is 1. The number of ether oxygens (including phenoxy) is 2. The lowest BCUT2D eigenvalue weighted by molar-refractivity contribution is 0.287. The van der Waals surface area contributed by atoms with Crippen LogP contribution in [0.3, 0.4) is 0 Å². The SMILES string of the molecule is COc1nc(Nc2ncc(F)c(-c3cc(F)c4c(c3)N(C(C)C)CCO4)n2)ccc1C1CCNCC1.Cl. The zero-order chi connectivity index (χ0) is 25.2. The molecule has 2 aromatic heterocycles. The topological polar surface area (TPSA) is 84.4 Å². The molecule has 1 saturated heterocycles. The summed E-state index contributed by atoms with van der Waals surface area (Å²) in [5.74, 6) is 0.504. The first-order valence-electron chi connectivity index (χ1n) is 12.2. The summed E-state index contributed by atoms with van der Waals surface area (Å²) < 4.78 is 40.9. The Balaban J connectivity index is 0.00000320. The molecular weight excluding hydrogens is 502 g/mol. The number of rotatable bonds is 6. The molecule has 3 aromatic rings. The van der Waals surface area contributed by atoms with E-state index in [9.17, 15) is 8.78 Å². The van der Waals surface area contributed by atoms with Gasteiger partial charge in [0.1, 0.15) is 18.1 Å². The van der Waals surface area contributed by atoms with Crippen molar-refractivity contribution in [3.05, 3.63) is 47.7 Å². The Morgan fingerprint density at radius 2 is 1.92 bits per heavy atom. The van der Waals surface area contributed by atoms with Gasteiger partial charge in [-0.15, -0.1) is 12.4 Å². The van der Waals surface area contributed by atoms with E-state index >= 15 is 0 Å². The maximum atomic E-state index is 14.9. The van der Waals surface area contributed by atoms with Crippen LogP contribution in [-0.2, 0) is 0 Å². The van der Waals surface area contributed by atoms with Gasteiger partial charge in [-0.3, -0.25) is 0 Å². The van der Waals surface area contributed by atoms with E-state index in [0.717, 1.165) is 37.7 Å². The lowest BCUT2D eigenvalue weighted by Crippen LogP contribution is -2.38. The summed E-state index contributed by atoms with van der Waals surface area (Å²) in [4.78, 5) is 15.0. The van der Waals surface area contributed by atoms with E-state index in [-0.39, 0.29) is 35.8 Å². The average Bonchev–Trinajstić information content (AvgIpc) is 2.89. The van der Waals surface area contributed by atoms with Gasteiger partial charge in [0, 0.05) is 17.2 Å². The standard InChI is InChI=1S/C26H30F2N6O2.ClH/c1-15(2)34-10-11-36-24-19(27)12-17(13-21(24)34)23-20(28)14-30-26(33-23)32-22-5-4-18(25(31-22)35-3)16-6-8-29-9-7-16;/h4-5,12-16,29H,6-11H2,1-3H3,(H,30,31,32,33);1H. The second kappa shape index (κ2) is 11.4. The van der Waals surface area contributed by atoms with Crippen LogP contribution in [0, 0.1) is 11.6 Å². The Morgan fingerprint density at radius 1 is 1.14 bits per heavy atom. The van der Waals surface area contributed by atoms with Crippen LogP contribution in [0.15, 0.2) is 30.5 Å². The fourth-order valence-corrected chi connectivity index (χ4v) is 4.85. The average molecular weight is 533 g/mol. The zero-order valence-electron chi connectivity index (χ0n) is 21.1. The van der Waals surface area contributed by atoms with Gasteiger partial charge < -0.3 is 25.0 Å². The van der Waals surface area contributed by atoms with Gasteiger partial charge in [0.15, 0.2) is 17.4 Å². The quantitative estimate of drug-likeness (QED) is 0.455. The Hall–Kier alpha value is -3.24. The summed E-state index contributed by atoms with van der Waals surface area (Å²) in [5.41, 5.74) is 1.93. The molecule has 1 fully saturated rings. The van der Waals surface area contributed by atoms with Crippen molar-refractivity contribution in [3.63, 3.8) is 0 Å². The van der Waals surface area contributed by atoms with Crippen LogP contribution < -0.4 is 25.0 Å². The molecule has 37 heavy (non-hydrogen) atoms. The molecule has 0 spiro atoms. The third-order valence-electron chi connectivity index (χ3n) is 6.65. The van der Waals surface area contributed by atoms with E-state index in [1.165, 1.54) is 6.07 Å². The largest absolute Gasteiger partial charge is 0.486 e. The van der Waals surface area contributed by atoms with Gasteiger partial charge in [-0.1, -0.05) is 0 Å². The lowest BCUT2D eigenvalue weighted by Gasteiger charge is -2.34. The Kier molecular flexibility index (Phi) is 8.29. The molecular formula is C26H31ClF2N6O2. The molecule has 2 aliphatic rings. The first-order valence-corrected chi connectivity index (χ1v) is 12.2. The van der Waals surface area contributed by atoms with Gasteiger partial charge in [0.25, 0.3) is 0 Å². The number of hydrogen-bond donors (Lipinski definition) is 2. The zero-order valence-corrected chi connectivity index (χ0v) is 21.9. The van der Waals surface area contributed by atoms with Crippen LogP contribution in [-0.4, -0.2) is 54.3 Å². The second-order valence-electron chi connectivity index (χ2n) is 9.28. The number of nitrogens with zero attached hydrogens (tertiary/aromatic N) is 4. The van der Waals surface area contributed by atoms with Crippen molar-refractivity contribution in [1.82, 2.24) is 20.3 Å². The minimum atomic E-state index is -0.653. The minimum Gasteiger partial charge on any atom is -0.486 e. The van der Waals surface area contributed by atoms with Crippen molar-refractivity contribution in [1.29, 1.82) is 0 Å². The van der Waals surface area contributed by atoms with Gasteiger partial charge >= 0.3 is 0 Å². The van der Waals surface area contributed by atoms with Crippen LogP contribution in [0.5, 0.6) is 11.6 Å². The molecule has 0 saturated carbocycles. The fraction of sp³-hybridized carbons (Fsp3) is 0.423. The number of benzene rings is 1. The molecule has 0 aliphatic carbocycles. The molecule has 2 N–H and O–H groups in total. The van der Waals surface area contributed by atoms with Gasteiger partial charge in [-0.2, -0.15) is 4.98 Å². The number of aromatic nitrogens is 3. The molecule has 8 nitrogen and oxygen atoms in total. The molecule has 5 rings (SSSR count). The molecule has 198 valence electrons. The molecule has 4 heterocycles. The number of nitrogens with one attached hydrogen (secondary N) is 2. The van der Waals surface area contributed by atoms with E-state index < -0.39 is 11.6 Å². The highest BCUT2D eigenvalue weighted by Crippen LogP contribution is 2.39. The maximum absolute atomic E-state index is 14.9. The predicted octanol–water partition coefficient (Wildman–Crippen LogP) is 5.07. The molecule has 11 heteroatoms. The van der Waals surface area contributed by atoms with Crippen molar-refractivity contribution >= 4 is 29.9 Å². The summed E-state index contributed by atoms with van der Waals surface area (Å²) in [7, 11) is 1.60. The van der Waals surface area contributed by atoms with Gasteiger partial charge in [0.05, 0.1) is 25.5 Å². The Morgan fingerprint density at radius 3 is 2.65 bits per heavy atom. The van der Waals surface area contributed by atoms with E-state index in [1.54, 1.807) is 13.2 Å². The molecule has 0 bridgehead atoms. The number of piperidine rings is 1. The van der Waals surface area contributed by atoms with Gasteiger partial charge in [0.2, 0.25) is 11.8 Å². The maximum Gasteiger partial charge on any atom is 0.229 e. The number of hydrogen-bond acceptors (Lipinski definition) is 8. The highest BCUT2D eigenvalue weighted by Gasteiger charge is 2.26. The van der Waals surface area contributed by atoms with Crippen LogP contribution in [0.1, 0.15) is 38.2 Å². The number of pyridine rings is 1. The highest BCUT2D eigenvalue weighted by atomic mass is 35.5. The van der Waals surface area contributed by atoms with Crippen molar-refractivity contribution in [2.24, 2.45) is 0 Å². The van der Waals surface area contributed by atoms with E-state index in [0.29, 0.717) is 42.0 Å². The lowest BCUT2D eigenvalue weighted by atomic mass is 9.91. The monoisotopic (exact) mass is 532 g/mol. The van der Waals surface area contributed by atoms with E-state index in [2.05, 4.69) is 25.6 Å². The van der Waals surface area contributed by atoms with E-state index in [1.807, 2.05) is 30.9 Å². The minimum absolute atomic E-state index is 0. The van der Waals surface area contributed by atoms with Crippen LogP contribution >= 0.6 is 12.4 Å². The fourth-order valence-electron chi connectivity index (χ4n) is 4.85. The number of halogens is 3. The van der Waals surface area contributed by atoms with Gasteiger partial charge in [-0.05, 0) is 70.0 Å². The molecule has 1 aromatic carbocycles. The van der Waals surface area contributed by atoms with Crippen LogP contribution in [0.4, 0.5) is 26.2 Å². The molecule has 0 unspecified atom stereocenters. The third kappa shape index (κ3) is 5.55. The van der Waals surface area contributed by atoms with Crippen molar-refractivity contribution in [2.45, 2.75) is 38.6 Å². The third-order valence-corrected chi connectivity index (χ3v) is 6.65. The summed E-state index contributed by atoms with van der Waals surface area (Å²) in [5, 5.41) is 6.39. The molecule has 0 radical (unpaired) electrons. The van der Waals surface area contributed by atoms with Crippen molar-refractivity contribution in [2.75, 3.05) is 43.6 Å². The van der Waals surface area contributed by atoms with Gasteiger partial charge in [-0.25, -0.2) is 18.7 Å². The first kappa shape index (κ1) is 26.8. The van der Waals surface area contributed by atoms with Crippen LogP contribution in [0.2, 0.25) is 0 Å². The molecule has 2 aliphatic heterocycles. The smallest absolute Gasteiger partial charge is 0.229 e. The van der Waals surface area contributed by atoms with Crippen molar-refractivity contribution in [3.8, 4) is 22.9 Å². The summed E-state index contributed by atoms with van der Waals surface area (Å²) in [6, 6.07) is 6.91. The Bertz CT molecular complexity index is 1260. The van der Waals surface area contributed by atoms with E-state index in [4.69, 9.17) is 9.47 Å². The Labute approximate surface area is 221 Å². The summed E-state index contributed by atoms with van der Waals surface area (Å²) >= 11 is 0. The number of anilines is 3. The normalized spacial score (nSPS) is 15.6. The number of methoxy groups -OCH3 is 1. The highest BCUT2D eigenvalue weighted by molar-refractivity contribution is 5.85. The first-order chi connectivity index (χ1) is 17.4. The van der Waals surface area contributed by atoms with Crippen LogP contribution in [0.25, 0.3) is 11.3 Å². The van der Waals surface area contributed by atoms with Crippen molar-refractivity contribution < 1.29 is 18.3 Å².